The molecule has 1 aromatic carbocycles. The average Bonchev–Trinajstić information content (AvgIpc) is 2.48. The summed E-state index contributed by atoms with van der Waals surface area (Å²) in [5, 5.41) is 10.6. The third-order valence-electron chi connectivity index (χ3n) is 2.81. The van der Waals surface area contributed by atoms with Crippen molar-refractivity contribution in [3.63, 3.8) is 0 Å². The van der Waals surface area contributed by atoms with Crippen LogP contribution in [0.1, 0.15) is 24.2 Å². The van der Waals surface area contributed by atoms with Crippen LogP contribution < -0.4 is 0 Å². The Balaban J connectivity index is 3.12. The zero-order valence-corrected chi connectivity index (χ0v) is 13.3. The summed E-state index contributed by atoms with van der Waals surface area (Å²) < 4.78 is 23.0. The fourth-order valence-corrected chi connectivity index (χ4v) is 3.67. The first-order valence-corrected chi connectivity index (χ1v) is 8.30. The summed E-state index contributed by atoms with van der Waals surface area (Å²) in [6.07, 6.45) is 1.22. The van der Waals surface area contributed by atoms with Crippen LogP contribution in [-0.2, 0) is 13.6 Å². The van der Waals surface area contributed by atoms with Gasteiger partial charge >= 0.3 is 7.60 Å². The number of Topliss-reactive ketones (excluding diaryl/α,β-unsaturated/α-hetero) is 1. The third kappa shape index (κ3) is 4.10. The van der Waals surface area contributed by atoms with Gasteiger partial charge in [0.2, 0.25) is 0 Å². The minimum atomic E-state index is -3.68. The number of non-ortho nitro benzene ring substituents is 1. The molecule has 0 aromatic heterocycles. The molecule has 0 N–H and O–H groups in total. The molecule has 1 atom stereocenters. The van der Waals surface area contributed by atoms with Crippen LogP contribution in [0.5, 0.6) is 0 Å². The largest absolute Gasteiger partial charge is 0.345 e. The number of allylic oxidation sites excluding steroid dienone is 1. The van der Waals surface area contributed by atoms with Crippen LogP contribution >= 0.6 is 7.60 Å². The fraction of sp³-hybridized carbons (Fsp3) is 0.357. The molecular weight excluding hydrogens is 309 g/mol. The van der Waals surface area contributed by atoms with Gasteiger partial charge in [-0.05, 0) is 26.0 Å². The number of rotatable bonds is 9. The molecule has 0 bridgehead atoms. The normalized spacial score (nSPS) is 12.6. The predicted molar refractivity (Wildman–Crippen MR) is 82.3 cm³/mol. The summed E-state index contributed by atoms with van der Waals surface area (Å²) >= 11 is 0. The second-order valence-corrected chi connectivity index (χ2v) is 6.38. The van der Waals surface area contributed by atoms with Gasteiger partial charge in [-0.3, -0.25) is 19.5 Å². The molecule has 1 rings (SSSR count). The second-order valence-electron chi connectivity index (χ2n) is 4.22. The van der Waals surface area contributed by atoms with Crippen molar-refractivity contribution in [3.8, 4) is 0 Å². The van der Waals surface area contributed by atoms with E-state index in [1.807, 2.05) is 0 Å². The van der Waals surface area contributed by atoms with E-state index >= 15 is 0 Å². The van der Waals surface area contributed by atoms with Crippen LogP contribution in [-0.4, -0.2) is 29.6 Å². The summed E-state index contributed by atoms with van der Waals surface area (Å²) in [7, 11) is -3.68. The lowest BCUT2D eigenvalue weighted by Crippen LogP contribution is -2.21. The van der Waals surface area contributed by atoms with Crippen molar-refractivity contribution in [2.45, 2.75) is 19.5 Å². The number of nitrogens with zero attached hydrogens (tertiary/aromatic N) is 1. The molecule has 22 heavy (non-hydrogen) atoms. The highest BCUT2D eigenvalue weighted by Gasteiger charge is 2.39. The van der Waals surface area contributed by atoms with E-state index < -0.39 is 24.0 Å². The Morgan fingerprint density at radius 2 is 1.82 bits per heavy atom. The van der Waals surface area contributed by atoms with Gasteiger partial charge in [-0.1, -0.05) is 6.08 Å². The summed E-state index contributed by atoms with van der Waals surface area (Å²) in [6.45, 7) is 7.05. The number of carbonyl (C=O) groups is 1. The molecule has 0 aliphatic carbocycles. The minimum Gasteiger partial charge on any atom is -0.308 e. The van der Waals surface area contributed by atoms with E-state index in [1.165, 1.54) is 30.3 Å². The minimum absolute atomic E-state index is 0.120. The first-order valence-electron chi connectivity index (χ1n) is 6.69. The molecule has 0 saturated carbocycles. The lowest BCUT2D eigenvalue weighted by Gasteiger charge is -2.22. The summed E-state index contributed by atoms with van der Waals surface area (Å²) in [5.41, 5.74) is -1.12. The van der Waals surface area contributed by atoms with Crippen molar-refractivity contribution in [1.29, 1.82) is 0 Å². The molecule has 0 spiro atoms. The van der Waals surface area contributed by atoms with Gasteiger partial charge in [-0.25, -0.2) is 0 Å². The van der Waals surface area contributed by atoms with E-state index in [0.717, 1.165) is 0 Å². The topological polar surface area (TPSA) is 95.7 Å². The molecule has 0 saturated heterocycles. The number of hydrogen-bond acceptors (Lipinski definition) is 6. The van der Waals surface area contributed by atoms with Crippen molar-refractivity contribution in [2.75, 3.05) is 13.2 Å². The van der Waals surface area contributed by atoms with Crippen LogP contribution in [0.25, 0.3) is 0 Å². The molecule has 1 aromatic rings. The van der Waals surface area contributed by atoms with Gasteiger partial charge in [0, 0.05) is 17.7 Å². The zero-order chi connectivity index (χ0) is 16.8. The zero-order valence-electron chi connectivity index (χ0n) is 12.4. The Morgan fingerprint density at radius 3 is 2.18 bits per heavy atom. The quantitative estimate of drug-likeness (QED) is 0.226. The number of hydrogen-bond donors (Lipinski definition) is 0. The van der Waals surface area contributed by atoms with Gasteiger partial charge in [-0.2, -0.15) is 0 Å². The summed E-state index contributed by atoms with van der Waals surface area (Å²) in [4.78, 5) is 22.5. The van der Waals surface area contributed by atoms with Gasteiger partial charge in [0.05, 0.1) is 18.1 Å². The molecule has 0 heterocycles. The smallest absolute Gasteiger partial charge is 0.308 e. The molecule has 0 fully saturated rings. The van der Waals surface area contributed by atoms with Crippen LogP contribution in [0.3, 0.4) is 0 Å². The molecule has 0 radical (unpaired) electrons. The molecule has 1 unspecified atom stereocenters. The van der Waals surface area contributed by atoms with Crippen LogP contribution in [0, 0.1) is 10.1 Å². The maximum Gasteiger partial charge on any atom is 0.345 e. The van der Waals surface area contributed by atoms with Crippen molar-refractivity contribution < 1.29 is 23.3 Å². The van der Waals surface area contributed by atoms with Crippen LogP contribution in [0.4, 0.5) is 5.69 Å². The highest BCUT2D eigenvalue weighted by atomic mass is 31.2. The maximum atomic E-state index is 12.7. The van der Waals surface area contributed by atoms with E-state index in [4.69, 9.17) is 9.05 Å². The summed E-state index contributed by atoms with van der Waals surface area (Å²) in [5.74, 6) is -0.518. The maximum absolute atomic E-state index is 12.7. The monoisotopic (exact) mass is 327 g/mol. The number of nitro groups is 1. The number of carbonyl (C=O) groups excluding carboxylic acids is 1. The van der Waals surface area contributed by atoms with Gasteiger partial charge in [-0.15, -0.1) is 6.58 Å². The molecule has 0 amide bonds. The Kier molecular flexibility index (Phi) is 6.61. The standard InChI is InChI=1S/C14H18NO6P/c1-4-13(22(19,20-5-2)21-6-3)14(16)11-7-9-12(10-8-11)15(17)18/h4,7-10,13H,1,5-6H2,2-3H3. The number of nitro benzene ring substituents is 1. The third-order valence-corrected chi connectivity index (χ3v) is 5.18. The Hall–Kier alpha value is -1.82. The molecule has 8 heteroatoms. The van der Waals surface area contributed by atoms with E-state index in [9.17, 15) is 19.5 Å². The fourth-order valence-electron chi connectivity index (χ4n) is 1.86. The molecule has 0 aliphatic rings. The van der Waals surface area contributed by atoms with Crippen molar-refractivity contribution in [2.24, 2.45) is 0 Å². The second kappa shape index (κ2) is 7.98. The van der Waals surface area contributed by atoms with Gasteiger partial charge in [0.1, 0.15) is 5.66 Å². The van der Waals surface area contributed by atoms with Gasteiger partial charge in [0.25, 0.3) is 5.69 Å². The van der Waals surface area contributed by atoms with Crippen LogP contribution in [0.2, 0.25) is 0 Å². The van der Waals surface area contributed by atoms with Gasteiger partial charge < -0.3 is 9.05 Å². The van der Waals surface area contributed by atoms with E-state index in [2.05, 4.69) is 6.58 Å². The highest BCUT2D eigenvalue weighted by molar-refractivity contribution is 7.56. The van der Waals surface area contributed by atoms with Crippen molar-refractivity contribution in [3.05, 3.63) is 52.6 Å². The number of benzene rings is 1. The number of ketones is 1. The predicted octanol–water partition coefficient (Wildman–Crippen LogP) is 3.60. The Morgan fingerprint density at radius 1 is 1.32 bits per heavy atom. The first kappa shape index (κ1) is 18.2. The lowest BCUT2D eigenvalue weighted by molar-refractivity contribution is -0.384. The molecule has 0 aliphatic heterocycles. The Labute approximate surface area is 128 Å². The average molecular weight is 327 g/mol. The van der Waals surface area contributed by atoms with Crippen molar-refractivity contribution >= 4 is 19.1 Å². The lowest BCUT2D eigenvalue weighted by atomic mass is 10.1. The van der Waals surface area contributed by atoms with Gasteiger partial charge in [0.15, 0.2) is 5.78 Å². The van der Waals surface area contributed by atoms with E-state index in [-0.39, 0.29) is 24.5 Å². The SMILES string of the molecule is C=CC(C(=O)c1ccc([N+](=O)[O-])cc1)P(=O)(OCC)OCC. The van der Waals surface area contributed by atoms with E-state index in [0.29, 0.717) is 0 Å². The molecule has 120 valence electrons. The molecule has 7 nitrogen and oxygen atoms in total. The summed E-state index contributed by atoms with van der Waals surface area (Å²) in [6, 6.07) is 5.03. The Bertz CT molecular complexity index is 588. The first-order chi connectivity index (χ1) is 10.4. The highest BCUT2D eigenvalue weighted by Crippen LogP contribution is 2.54. The van der Waals surface area contributed by atoms with Crippen molar-refractivity contribution in [1.82, 2.24) is 0 Å². The van der Waals surface area contributed by atoms with Crippen LogP contribution in [0.15, 0.2) is 36.9 Å². The van der Waals surface area contributed by atoms with E-state index in [1.54, 1.807) is 13.8 Å². The molecular formula is C14H18NO6P.